The van der Waals surface area contributed by atoms with Gasteiger partial charge >= 0.3 is 0 Å². The van der Waals surface area contributed by atoms with Crippen LogP contribution in [0.25, 0.3) is 17.4 Å². The van der Waals surface area contributed by atoms with Gasteiger partial charge in [-0.3, -0.25) is 4.79 Å². The third-order valence-electron chi connectivity index (χ3n) is 3.41. The van der Waals surface area contributed by atoms with Crippen LogP contribution in [-0.4, -0.2) is 5.91 Å². The first-order valence-electron chi connectivity index (χ1n) is 7.44. The summed E-state index contributed by atoms with van der Waals surface area (Å²) in [6.45, 7) is 0.401. The molecule has 4 nitrogen and oxygen atoms in total. The van der Waals surface area contributed by atoms with Gasteiger partial charge in [0.05, 0.1) is 6.54 Å². The Morgan fingerprint density at radius 2 is 2.04 bits per heavy atom. The number of hydrogen-bond acceptors (Lipinski definition) is 4. The summed E-state index contributed by atoms with van der Waals surface area (Å²) in [6, 6.07) is 17.0. The molecule has 0 aliphatic heterocycles. The summed E-state index contributed by atoms with van der Waals surface area (Å²) < 4.78 is 6.71. The highest BCUT2D eigenvalue weighted by atomic mass is 79.9. The first-order valence-corrected chi connectivity index (χ1v) is 9.11. The van der Waals surface area contributed by atoms with Crippen molar-refractivity contribution in [2.45, 2.75) is 6.54 Å². The number of carbonyl (C=O) groups excluding carboxylic acids is 1. The van der Waals surface area contributed by atoms with E-state index in [1.807, 2.05) is 53.9 Å². The molecule has 2 heterocycles. The fourth-order valence-electron chi connectivity index (χ4n) is 2.17. The van der Waals surface area contributed by atoms with Gasteiger partial charge in [0, 0.05) is 21.0 Å². The molecular weight excluding hydrogens is 400 g/mol. The number of benzene rings is 1. The van der Waals surface area contributed by atoms with E-state index in [4.69, 9.17) is 4.42 Å². The van der Waals surface area contributed by atoms with Gasteiger partial charge in [0.15, 0.2) is 0 Å². The molecular formula is C19H13BrN2O2S. The van der Waals surface area contributed by atoms with E-state index in [1.54, 1.807) is 17.4 Å². The number of hydrogen-bond donors (Lipinski definition) is 1. The predicted octanol–water partition coefficient (Wildman–Crippen LogP) is 4.99. The molecule has 0 atom stereocenters. The molecule has 2 aromatic heterocycles. The molecule has 0 fully saturated rings. The van der Waals surface area contributed by atoms with Gasteiger partial charge in [-0.05, 0) is 35.7 Å². The fourth-order valence-corrected chi connectivity index (χ4v) is 3.08. The Balaban J connectivity index is 1.72. The molecule has 0 saturated carbocycles. The molecule has 25 heavy (non-hydrogen) atoms. The lowest BCUT2D eigenvalue weighted by Gasteiger charge is -2.01. The summed E-state index contributed by atoms with van der Waals surface area (Å²) >= 11 is 4.94. The van der Waals surface area contributed by atoms with Gasteiger partial charge in [-0.25, -0.2) is 0 Å². The summed E-state index contributed by atoms with van der Waals surface area (Å²) in [4.78, 5) is 13.2. The average Bonchev–Trinajstić information content (AvgIpc) is 3.30. The van der Waals surface area contributed by atoms with E-state index >= 15 is 0 Å². The molecule has 0 aliphatic rings. The summed E-state index contributed by atoms with van der Waals surface area (Å²) in [7, 11) is 0. The third-order valence-corrected chi connectivity index (χ3v) is 4.82. The lowest BCUT2D eigenvalue weighted by molar-refractivity contribution is -0.117. The van der Waals surface area contributed by atoms with Gasteiger partial charge in [-0.15, -0.1) is 11.3 Å². The molecule has 0 spiro atoms. The zero-order valence-corrected chi connectivity index (χ0v) is 15.4. The normalized spacial score (nSPS) is 11.1. The van der Waals surface area contributed by atoms with Crippen LogP contribution in [0.2, 0.25) is 0 Å². The lowest BCUT2D eigenvalue weighted by atomic mass is 10.2. The minimum absolute atomic E-state index is 0.00765. The van der Waals surface area contributed by atoms with Crippen LogP contribution in [-0.2, 0) is 11.3 Å². The van der Waals surface area contributed by atoms with Crippen molar-refractivity contribution >= 4 is 39.2 Å². The highest BCUT2D eigenvalue weighted by Gasteiger charge is 2.11. The van der Waals surface area contributed by atoms with Gasteiger partial charge in [0.25, 0.3) is 5.91 Å². The molecule has 0 saturated heterocycles. The molecule has 3 rings (SSSR count). The largest absolute Gasteiger partial charge is 0.457 e. The summed E-state index contributed by atoms with van der Waals surface area (Å²) in [5.74, 6) is 0.716. The van der Waals surface area contributed by atoms with E-state index in [-0.39, 0.29) is 5.57 Å². The number of amides is 1. The van der Waals surface area contributed by atoms with E-state index in [9.17, 15) is 10.1 Å². The van der Waals surface area contributed by atoms with Crippen molar-refractivity contribution in [3.63, 3.8) is 0 Å². The number of halogens is 1. The average molecular weight is 413 g/mol. The standard InChI is InChI=1S/C19H13BrN2O2S/c20-15-5-3-13(4-6-15)18-8-7-16(24-18)10-14(11-21)19(23)22-12-17-2-1-9-25-17/h1-10H,12H2,(H,22,23)/b14-10+. The van der Waals surface area contributed by atoms with Gasteiger partial charge in [-0.1, -0.05) is 34.1 Å². The van der Waals surface area contributed by atoms with Crippen molar-refractivity contribution in [2.24, 2.45) is 0 Å². The zero-order chi connectivity index (χ0) is 17.6. The van der Waals surface area contributed by atoms with E-state index < -0.39 is 5.91 Å². The molecule has 1 amide bonds. The molecule has 1 N–H and O–H groups in total. The van der Waals surface area contributed by atoms with Crippen LogP contribution < -0.4 is 5.32 Å². The molecule has 124 valence electrons. The first-order chi connectivity index (χ1) is 12.2. The van der Waals surface area contributed by atoms with E-state index in [0.717, 1.165) is 14.9 Å². The quantitative estimate of drug-likeness (QED) is 0.473. The predicted molar refractivity (Wildman–Crippen MR) is 102 cm³/mol. The minimum atomic E-state index is -0.419. The number of nitriles is 1. The fraction of sp³-hybridized carbons (Fsp3) is 0.0526. The van der Waals surface area contributed by atoms with E-state index in [2.05, 4.69) is 21.2 Å². The Morgan fingerprint density at radius 3 is 2.72 bits per heavy atom. The Bertz CT molecular complexity index is 935. The lowest BCUT2D eigenvalue weighted by Crippen LogP contribution is -2.23. The maximum Gasteiger partial charge on any atom is 0.262 e. The maximum absolute atomic E-state index is 12.1. The van der Waals surface area contributed by atoms with Crippen LogP contribution in [0.3, 0.4) is 0 Å². The topological polar surface area (TPSA) is 66.0 Å². The van der Waals surface area contributed by atoms with Gasteiger partial charge in [0.2, 0.25) is 0 Å². The molecule has 0 unspecified atom stereocenters. The molecule has 6 heteroatoms. The number of carbonyl (C=O) groups is 1. The monoisotopic (exact) mass is 412 g/mol. The summed E-state index contributed by atoms with van der Waals surface area (Å²) in [5, 5.41) is 13.9. The maximum atomic E-state index is 12.1. The first kappa shape index (κ1) is 17.2. The molecule has 0 bridgehead atoms. The number of nitrogens with zero attached hydrogens (tertiary/aromatic N) is 1. The van der Waals surface area contributed by atoms with Crippen LogP contribution in [0.5, 0.6) is 0 Å². The van der Waals surface area contributed by atoms with E-state index in [1.165, 1.54) is 6.08 Å². The Kier molecular flexibility index (Phi) is 5.49. The van der Waals surface area contributed by atoms with Gasteiger partial charge < -0.3 is 9.73 Å². The minimum Gasteiger partial charge on any atom is -0.457 e. The van der Waals surface area contributed by atoms with Crippen molar-refractivity contribution < 1.29 is 9.21 Å². The van der Waals surface area contributed by atoms with Crippen molar-refractivity contribution in [3.8, 4) is 17.4 Å². The van der Waals surface area contributed by atoms with Crippen LogP contribution in [0, 0.1) is 11.3 Å². The third kappa shape index (κ3) is 4.47. The summed E-state index contributed by atoms with van der Waals surface area (Å²) in [6.07, 6.45) is 1.45. The van der Waals surface area contributed by atoms with Crippen LogP contribution in [0.4, 0.5) is 0 Å². The molecule has 0 aliphatic carbocycles. The van der Waals surface area contributed by atoms with Crippen molar-refractivity contribution in [1.82, 2.24) is 5.32 Å². The molecule has 0 radical (unpaired) electrons. The van der Waals surface area contributed by atoms with Crippen molar-refractivity contribution in [1.29, 1.82) is 5.26 Å². The SMILES string of the molecule is N#C/C(=C\c1ccc(-c2ccc(Br)cc2)o1)C(=O)NCc1cccs1. The number of furan rings is 1. The number of rotatable bonds is 5. The zero-order valence-electron chi connectivity index (χ0n) is 13.0. The van der Waals surface area contributed by atoms with Crippen molar-refractivity contribution in [2.75, 3.05) is 0 Å². The Morgan fingerprint density at radius 1 is 1.24 bits per heavy atom. The smallest absolute Gasteiger partial charge is 0.262 e. The highest BCUT2D eigenvalue weighted by Crippen LogP contribution is 2.25. The highest BCUT2D eigenvalue weighted by molar-refractivity contribution is 9.10. The number of nitrogens with one attached hydrogen (secondary N) is 1. The Hall–Kier alpha value is -2.62. The Labute approximate surface area is 157 Å². The van der Waals surface area contributed by atoms with Crippen molar-refractivity contribution in [3.05, 3.63) is 74.6 Å². The van der Waals surface area contributed by atoms with E-state index in [0.29, 0.717) is 18.1 Å². The molecule has 1 aromatic carbocycles. The number of thiophene rings is 1. The van der Waals surface area contributed by atoms with Crippen LogP contribution >= 0.6 is 27.3 Å². The van der Waals surface area contributed by atoms with Crippen LogP contribution in [0.15, 0.2) is 68.4 Å². The summed E-state index contributed by atoms with van der Waals surface area (Å²) in [5.41, 5.74) is 0.928. The second-order valence-electron chi connectivity index (χ2n) is 5.14. The van der Waals surface area contributed by atoms with Gasteiger partial charge in [-0.2, -0.15) is 5.26 Å². The van der Waals surface area contributed by atoms with Gasteiger partial charge in [0.1, 0.15) is 23.2 Å². The second-order valence-corrected chi connectivity index (χ2v) is 7.09. The van der Waals surface area contributed by atoms with Crippen LogP contribution in [0.1, 0.15) is 10.6 Å². The second kappa shape index (κ2) is 7.97. The molecule has 3 aromatic rings.